The second-order valence-corrected chi connectivity index (χ2v) is 5.17. The first-order valence-electron chi connectivity index (χ1n) is 6.12. The molecule has 6 heteroatoms. The number of anilines is 2. The van der Waals surface area contributed by atoms with Gasteiger partial charge in [0.05, 0.1) is 11.8 Å². The van der Waals surface area contributed by atoms with E-state index in [1.807, 2.05) is 17.5 Å². The molecule has 0 spiro atoms. The predicted octanol–water partition coefficient (Wildman–Crippen LogP) is 0.663. The third-order valence-electron chi connectivity index (χ3n) is 3.35. The van der Waals surface area contributed by atoms with Crippen LogP contribution in [0, 0.1) is 0 Å². The maximum Gasteiger partial charge on any atom is 0.180 e. The number of aromatic nitrogens is 3. The zero-order valence-corrected chi connectivity index (χ0v) is 10.4. The van der Waals surface area contributed by atoms with Crippen LogP contribution in [0.2, 0.25) is 0 Å². The topological polar surface area (TPSA) is 79.7 Å². The number of nitrogens with zero attached hydrogens (tertiary/aromatic N) is 4. The van der Waals surface area contributed by atoms with Crippen LogP contribution in [0.3, 0.4) is 0 Å². The summed E-state index contributed by atoms with van der Waals surface area (Å²) in [5.41, 5.74) is 5.92. The van der Waals surface area contributed by atoms with Gasteiger partial charge in [-0.3, -0.25) is 0 Å². The van der Waals surface area contributed by atoms with Crippen LogP contribution in [0.4, 0.5) is 11.6 Å². The molecule has 3 N–H and O–H groups in total. The third-order valence-corrected chi connectivity index (χ3v) is 3.35. The molecule has 1 atom stereocenters. The highest BCUT2D eigenvalue weighted by molar-refractivity contribution is 5.66. The van der Waals surface area contributed by atoms with E-state index < -0.39 is 5.60 Å². The van der Waals surface area contributed by atoms with Gasteiger partial charge in [0.2, 0.25) is 0 Å². The van der Waals surface area contributed by atoms with Gasteiger partial charge in [-0.15, -0.1) is 0 Å². The lowest BCUT2D eigenvalue weighted by Gasteiger charge is -2.37. The summed E-state index contributed by atoms with van der Waals surface area (Å²) in [6, 6.07) is 0. The van der Waals surface area contributed by atoms with Gasteiger partial charge in [0.15, 0.2) is 11.5 Å². The van der Waals surface area contributed by atoms with Crippen molar-refractivity contribution in [3.8, 4) is 0 Å². The van der Waals surface area contributed by atoms with Crippen molar-refractivity contribution in [1.29, 1.82) is 0 Å². The number of β-amino-alcohol motifs (C(OH)–C–C–N with tert-alkyl or cyclic N) is 1. The number of nitrogens with two attached hydrogens (primary N) is 1. The average molecular weight is 247 g/mol. The molecular weight excluding hydrogens is 230 g/mol. The number of nitrogen functional groups attached to an aromatic ring is 1. The van der Waals surface area contributed by atoms with Crippen LogP contribution >= 0.6 is 0 Å². The SMILES string of the molecule is CC1(O)CCCN(c2nc(N)cn3ccnc23)C1. The molecule has 3 rings (SSSR count). The summed E-state index contributed by atoms with van der Waals surface area (Å²) in [5, 5.41) is 10.2. The van der Waals surface area contributed by atoms with Crippen molar-refractivity contribution in [1.82, 2.24) is 14.4 Å². The van der Waals surface area contributed by atoms with Gasteiger partial charge in [-0.1, -0.05) is 0 Å². The van der Waals surface area contributed by atoms with Gasteiger partial charge in [0, 0.05) is 25.5 Å². The van der Waals surface area contributed by atoms with Crippen LogP contribution in [-0.2, 0) is 0 Å². The Kier molecular flexibility index (Phi) is 2.41. The van der Waals surface area contributed by atoms with E-state index in [9.17, 15) is 5.11 Å². The molecule has 1 aliphatic heterocycles. The number of hydrogen-bond donors (Lipinski definition) is 2. The Bertz CT molecular complexity index is 577. The molecule has 0 amide bonds. The zero-order chi connectivity index (χ0) is 12.8. The lowest BCUT2D eigenvalue weighted by molar-refractivity contribution is 0.0448. The normalized spacial score (nSPS) is 24.7. The molecule has 18 heavy (non-hydrogen) atoms. The Labute approximate surface area is 105 Å². The van der Waals surface area contributed by atoms with E-state index in [1.165, 1.54) is 0 Å². The summed E-state index contributed by atoms with van der Waals surface area (Å²) in [6.07, 6.45) is 7.07. The van der Waals surface area contributed by atoms with Gasteiger partial charge < -0.3 is 20.1 Å². The molecule has 96 valence electrons. The molecule has 1 saturated heterocycles. The van der Waals surface area contributed by atoms with E-state index in [4.69, 9.17) is 5.73 Å². The largest absolute Gasteiger partial charge is 0.388 e. The maximum absolute atomic E-state index is 10.2. The summed E-state index contributed by atoms with van der Waals surface area (Å²) >= 11 is 0. The van der Waals surface area contributed by atoms with Crippen molar-refractivity contribution >= 4 is 17.3 Å². The van der Waals surface area contributed by atoms with Gasteiger partial charge in [0.25, 0.3) is 0 Å². The van der Waals surface area contributed by atoms with Crippen LogP contribution < -0.4 is 10.6 Å². The first kappa shape index (κ1) is 11.3. The van der Waals surface area contributed by atoms with Gasteiger partial charge >= 0.3 is 0 Å². The highest BCUT2D eigenvalue weighted by atomic mass is 16.3. The minimum Gasteiger partial charge on any atom is -0.388 e. The molecule has 0 radical (unpaired) electrons. The van der Waals surface area contributed by atoms with Crippen molar-refractivity contribution in [3.05, 3.63) is 18.6 Å². The quantitative estimate of drug-likeness (QED) is 0.774. The monoisotopic (exact) mass is 247 g/mol. The van der Waals surface area contributed by atoms with E-state index in [1.54, 1.807) is 12.4 Å². The fraction of sp³-hybridized carbons (Fsp3) is 0.500. The molecule has 1 fully saturated rings. The molecule has 0 saturated carbocycles. The summed E-state index contributed by atoms with van der Waals surface area (Å²) in [4.78, 5) is 10.7. The molecular formula is C12H17N5O. The van der Waals surface area contributed by atoms with Gasteiger partial charge in [-0.25, -0.2) is 9.97 Å². The average Bonchev–Trinajstić information content (AvgIpc) is 2.74. The fourth-order valence-electron chi connectivity index (χ4n) is 2.55. The lowest BCUT2D eigenvalue weighted by atomic mass is 9.95. The van der Waals surface area contributed by atoms with Crippen LogP contribution in [0.1, 0.15) is 19.8 Å². The van der Waals surface area contributed by atoms with E-state index in [2.05, 4.69) is 14.9 Å². The summed E-state index contributed by atoms with van der Waals surface area (Å²) in [5.74, 6) is 1.21. The van der Waals surface area contributed by atoms with Crippen molar-refractivity contribution in [2.24, 2.45) is 0 Å². The fourth-order valence-corrected chi connectivity index (χ4v) is 2.55. The third kappa shape index (κ3) is 1.88. The standard InChI is InChI=1S/C12H17N5O/c1-12(18)3-2-5-17(8-12)11-10-14-4-6-16(10)7-9(13)15-11/h4,6-7,18H,2-3,5,8,13H2,1H3. The van der Waals surface area contributed by atoms with Gasteiger partial charge in [-0.2, -0.15) is 0 Å². The summed E-state index contributed by atoms with van der Waals surface area (Å²) in [6.45, 7) is 3.29. The molecule has 3 heterocycles. The minimum atomic E-state index is -0.673. The molecule has 6 nitrogen and oxygen atoms in total. The second kappa shape index (κ2) is 3.84. The minimum absolute atomic E-state index is 0.459. The van der Waals surface area contributed by atoms with E-state index >= 15 is 0 Å². The summed E-state index contributed by atoms with van der Waals surface area (Å²) in [7, 11) is 0. The Morgan fingerprint density at radius 2 is 2.33 bits per heavy atom. The molecule has 0 bridgehead atoms. The highest BCUT2D eigenvalue weighted by Crippen LogP contribution is 2.27. The molecule has 2 aromatic heterocycles. The molecule has 2 aromatic rings. The van der Waals surface area contributed by atoms with Crippen molar-refractivity contribution in [2.75, 3.05) is 23.7 Å². The predicted molar refractivity (Wildman–Crippen MR) is 69.5 cm³/mol. The van der Waals surface area contributed by atoms with E-state index in [0.29, 0.717) is 12.4 Å². The maximum atomic E-state index is 10.2. The van der Waals surface area contributed by atoms with Crippen LogP contribution in [0.5, 0.6) is 0 Å². The number of aliphatic hydroxyl groups is 1. The van der Waals surface area contributed by atoms with Crippen molar-refractivity contribution in [3.63, 3.8) is 0 Å². The number of fused-ring (bicyclic) bond motifs is 1. The Morgan fingerprint density at radius 1 is 1.50 bits per heavy atom. The van der Waals surface area contributed by atoms with E-state index in [-0.39, 0.29) is 0 Å². The lowest BCUT2D eigenvalue weighted by Crippen LogP contribution is -2.46. The number of imidazole rings is 1. The van der Waals surface area contributed by atoms with Crippen molar-refractivity contribution < 1.29 is 5.11 Å². The van der Waals surface area contributed by atoms with Gasteiger partial charge in [-0.05, 0) is 19.8 Å². The van der Waals surface area contributed by atoms with Gasteiger partial charge in [0.1, 0.15) is 5.82 Å². The first-order chi connectivity index (χ1) is 8.55. The Morgan fingerprint density at radius 3 is 3.11 bits per heavy atom. The molecule has 1 aliphatic rings. The molecule has 0 aromatic carbocycles. The first-order valence-corrected chi connectivity index (χ1v) is 6.12. The number of hydrogen-bond acceptors (Lipinski definition) is 5. The molecule has 0 aliphatic carbocycles. The number of rotatable bonds is 1. The molecule has 1 unspecified atom stereocenters. The Hall–Kier alpha value is -1.82. The highest BCUT2D eigenvalue weighted by Gasteiger charge is 2.30. The van der Waals surface area contributed by atoms with E-state index in [0.717, 1.165) is 30.9 Å². The zero-order valence-electron chi connectivity index (χ0n) is 10.4. The van der Waals surface area contributed by atoms with Crippen LogP contribution in [0.25, 0.3) is 5.65 Å². The van der Waals surface area contributed by atoms with Crippen molar-refractivity contribution in [2.45, 2.75) is 25.4 Å². The Balaban J connectivity index is 2.05. The second-order valence-electron chi connectivity index (χ2n) is 5.17. The summed E-state index contributed by atoms with van der Waals surface area (Å²) < 4.78 is 1.86. The van der Waals surface area contributed by atoms with Crippen LogP contribution in [-0.4, -0.2) is 38.2 Å². The smallest absolute Gasteiger partial charge is 0.180 e. The van der Waals surface area contributed by atoms with Crippen LogP contribution in [0.15, 0.2) is 18.6 Å². The number of piperidine rings is 1.